The van der Waals surface area contributed by atoms with Crippen molar-refractivity contribution < 1.29 is 8.42 Å². The summed E-state index contributed by atoms with van der Waals surface area (Å²) < 4.78 is 27.2. The Balaban J connectivity index is 2.87. The number of sulfonamides is 1. The van der Waals surface area contributed by atoms with E-state index in [1.54, 1.807) is 13.8 Å². The molecule has 0 fully saturated rings. The minimum absolute atomic E-state index is 0.274. The van der Waals surface area contributed by atoms with Gasteiger partial charge in [0.1, 0.15) is 4.90 Å². The molecule has 0 saturated carbocycles. The van der Waals surface area contributed by atoms with E-state index in [1.165, 1.54) is 0 Å². The monoisotopic (exact) mass is 343 g/mol. The lowest BCUT2D eigenvalue weighted by Gasteiger charge is -2.05. The predicted octanol–water partition coefficient (Wildman–Crippen LogP) is 1.13. The predicted molar refractivity (Wildman–Crippen MR) is 66.8 cm³/mol. The van der Waals surface area contributed by atoms with Crippen molar-refractivity contribution in [3.8, 4) is 0 Å². The van der Waals surface area contributed by atoms with Crippen molar-refractivity contribution >= 4 is 32.6 Å². The SMILES string of the molecule is Cc1n[nH]c(C)c1S(=O)(=O)NCCCI. The zero-order valence-electron chi connectivity index (χ0n) is 8.67. The molecule has 7 heteroatoms. The Morgan fingerprint density at radius 2 is 2.13 bits per heavy atom. The second-order valence-corrected chi connectivity index (χ2v) is 5.99. The Kier molecular flexibility index (Phi) is 4.53. The third-order valence-corrected chi connectivity index (χ3v) is 4.42. The number of hydrogen-bond acceptors (Lipinski definition) is 3. The maximum absolute atomic E-state index is 11.8. The maximum Gasteiger partial charge on any atom is 0.244 e. The third-order valence-electron chi connectivity index (χ3n) is 1.93. The number of halogens is 1. The molecule has 86 valence electrons. The second-order valence-electron chi connectivity index (χ2n) is 3.20. The normalized spacial score (nSPS) is 11.9. The zero-order valence-corrected chi connectivity index (χ0v) is 11.6. The molecule has 0 aliphatic rings. The Morgan fingerprint density at radius 3 is 2.60 bits per heavy atom. The van der Waals surface area contributed by atoms with E-state index in [0.29, 0.717) is 17.9 Å². The first-order valence-electron chi connectivity index (χ1n) is 4.56. The number of aryl methyl sites for hydroxylation is 2. The molecule has 0 saturated heterocycles. The Hall–Kier alpha value is -0.150. The molecular weight excluding hydrogens is 329 g/mol. The molecule has 0 amide bonds. The summed E-state index contributed by atoms with van der Waals surface area (Å²) in [4.78, 5) is 0.274. The van der Waals surface area contributed by atoms with Gasteiger partial charge in [0.15, 0.2) is 0 Å². The van der Waals surface area contributed by atoms with Crippen LogP contribution in [0, 0.1) is 13.8 Å². The van der Waals surface area contributed by atoms with Gasteiger partial charge < -0.3 is 0 Å². The second kappa shape index (κ2) is 5.26. The van der Waals surface area contributed by atoms with Gasteiger partial charge in [-0.3, -0.25) is 5.10 Å². The number of hydrogen-bond donors (Lipinski definition) is 2. The summed E-state index contributed by atoms with van der Waals surface area (Å²) in [5.41, 5.74) is 1.09. The molecular formula is C8H14IN3O2S. The first-order valence-corrected chi connectivity index (χ1v) is 7.57. The highest BCUT2D eigenvalue weighted by Gasteiger charge is 2.21. The van der Waals surface area contributed by atoms with Gasteiger partial charge in [-0.1, -0.05) is 22.6 Å². The third kappa shape index (κ3) is 3.15. The van der Waals surface area contributed by atoms with Gasteiger partial charge in [-0.25, -0.2) is 13.1 Å². The van der Waals surface area contributed by atoms with Crippen LogP contribution in [-0.2, 0) is 10.0 Å². The van der Waals surface area contributed by atoms with Crippen LogP contribution < -0.4 is 4.72 Å². The molecule has 15 heavy (non-hydrogen) atoms. The number of aromatic amines is 1. The quantitative estimate of drug-likeness (QED) is 0.478. The lowest BCUT2D eigenvalue weighted by Crippen LogP contribution is -2.25. The molecule has 1 aromatic heterocycles. The summed E-state index contributed by atoms with van der Waals surface area (Å²) in [6, 6.07) is 0. The zero-order chi connectivity index (χ0) is 11.5. The Bertz CT molecular complexity index is 408. The highest BCUT2D eigenvalue weighted by molar-refractivity contribution is 14.1. The van der Waals surface area contributed by atoms with Crippen LogP contribution in [0.1, 0.15) is 17.8 Å². The number of H-pyrrole nitrogens is 1. The lowest BCUT2D eigenvalue weighted by atomic mass is 10.4. The van der Waals surface area contributed by atoms with Gasteiger partial charge in [0.25, 0.3) is 0 Å². The van der Waals surface area contributed by atoms with E-state index in [9.17, 15) is 8.42 Å². The van der Waals surface area contributed by atoms with Gasteiger partial charge in [-0.2, -0.15) is 5.10 Å². The van der Waals surface area contributed by atoms with Gasteiger partial charge in [-0.05, 0) is 20.3 Å². The summed E-state index contributed by atoms with van der Waals surface area (Å²) in [5.74, 6) is 0. The fourth-order valence-corrected chi connectivity index (χ4v) is 3.10. The van der Waals surface area contributed by atoms with Crippen LogP contribution >= 0.6 is 22.6 Å². The number of aromatic nitrogens is 2. The topological polar surface area (TPSA) is 74.8 Å². The highest BCUT2D eigenvalue weighted by Crippen LogP contribution is 2.15. The van der Waals surface area contributed by atoms with E-state index in [2.05, 4.69) is 37.5 Å². The highest BCUT2D eigenvalue weighted by atomic mass is 127. The Morgan fingerprint density at radius 1 is 1.47 bits per heavy atom. The van der Waals surface area contributed by atoms with Gasteiger partial charge in [0, 0.05) is 11.0 Å². The van der Waals surface area contributed by atoms with E-state index < -0.39 is 10.0 Å². The minimum Gasteiger partial charge on any atom is -0.281 e. The van der Waals surface area contributed by atoms with E-state index >= 15 is 0 Å². The average Bonchev–Trinajstić information content (AvgIpc) is 2.46. The van der Waals surface area contributed by atoms with Crippen LogP contribution in [0.3, 0.4) is 0 Å². The molecule has 0 unspecified atom stereocenters. The maximum atomic E-state index is 11.8. The summed E-state index contributed by atoms with van der Waals surface area (Å²) in [6.45, 7) is 3.85. The van der Waals surface area contributed by atoms with Gasteiger partial charge >= 0.3 is 0 Å². The summed E-state index contributed by atoms with van der Waals surface area (Å²) in [5, 5.41) is 6.53. The van der Waals surface area contributed by atoms with Crippen LogP contribution in [0.25, 0.3) is 0 Å². The molecule has 0 atom stereocenters. The lowest BCUT2D eigenvalue weighted by molar-refractivity contribution is 0.580. The minimum atomic E-state index is -3.40. The number of rotatable bonds is 5. The molecule has 0 aliphatic heterocycles. The molecule has 0 aromatic carbocycles. The molecule has 2 N–H and O–H groups in total. The Labute approximate surface area is 103 Å². The fraction of sp³-hybridized carbons (Fsp3) is 0.625. The van der Waals surface area contributed by atoms with E-state index in [-0.39, 0.29) is 4.90 Å². The molecule has 1 aromatic rings. The number of nitrogens with one attached hydrogen (secondary N) is 2. The van der Waals surface area contributed by atoms with Crippen LogP contribution in [0.5, 0.6) is 0 Å². The van der Waals surface area contributed by atoms with Crippen LogP contribution in [0.15, 0.2) is 4.90 Å². The van der Waals surface area contributed by atoms with Crippen molar-refractivity contribution in [1.29, 1.82) is 0 Å². The van der Waals surface area contributed by atoms with E-state index in [0.717, 1.165) is 10.8 Å². The van der Waals surface area contributed by atoms with Gasteiger partial charge in [-0.15, -0.1) is 0 Å². The summed E-state index contributed by atoms with van der Waals surface area (Å²) in [7, 11) is -3.40. The van der Waals surface area contributed by atoms with Crippen molar-refractivity contribution in [3.63, 3.8) is 0 Å². The van der Waals surface area contributed by atoms with Crippen molar-refractivity contribution in [2.45, 2.75) is 25.2 Å². The largest absolute Gasteiger partial charge is 0.281 e. The van der Waals surface area contributed by atoms with Gasteiger partial charge in [0.2, 0.25) is 10.0 Å². The average molecular weight is 343 g/mol. The van der Waals surface area contributed by atoms with Crippen LogP contribution in [0.4, 0.5) is 0 Å². The summed E-state index contributed by atoms with van der Waals surface area (Å²) in [6.07, 6.45) is 0.829. The standard InChI is InChI=1S/C8H14IN3O2S/c1-6-8(7(2)12-11-6)15(13,14)10-5-3-4-9/h10H,3-5H2,1-2H3,(H,11,12). The van der Waals surface area contributed by atoms with Crippen molar-refractivity contribution in [3.05, 3.63) is 11.4 Å². The smallest absolute Gasteiger partial charge is 0.244 e. The van der Waals surface area contributed by atoms with E-state index in [1.807, 2.05) is 0 Å². The number of alkyl halides is 1. The molecule has 5 nitrogen and oxygen atoms in total. The molecule has 0 bridgehead atoms. The van der Waals surface area contributed by atoms with Gasteiger partial charge in [0.05, 0.1) is 11.4 Å². The first kappa shape index (κ1) is 12.9. The van der Waals surface area contributed by atoms with Crippen molar-refractivity contribution in [1.82, 2.24) is 14.9 Å². The molecule has 0 radical (unpaired) electrons. The summed E-state index contributed by atoms with van der Waals surface area (Å²) >= 11 is 2.21. The molecule has 0 aliphatic carbocycles. The first-order chi connectivity index (χ1) is 6.99. The molecule has 1 heterocycles. The van der Waals surface area contributed by atoms with Crippen LogP contribution in [-0.4, -0.2) is 29.6 Å². The fourth-order valence-electron chi connectivity index (χ4n) is 1.28. The van der Waals surface area contributed by atoms with E-state index in [4.69, 9.17) is 0 Å². The molecule has 0 spiro atoms. The number of nitrogens with zero attached hydrogens (tertiary/aromatic N) is 1. The molecule has 1 rings (SSSR count). The van der Waals surface area contributed by atoms with Crippen molar-refractivity contribution in [2.24, 2.45) is 0 Å². The van der Waals surface area contributed by atoms with Crippen molar-refractivity contribution in [2.75, 3.05) is 11.0 Å². The van der Waals surface area contributed by atoms with Crippen LogP contribution in [0.2, 0.25) is 0 Å².